The molecule has 3 rings (SSSR count). The summed E-state index contributed by atoms with van der Waals surface area (Å²) in [6.07, 6.45) is 5.32. The SMILES string of the molecule is CCNC(=NCc1ccnc(-n2cccn2)c1)NC(C)c1ccc(C)c(F)c1.I. The van der Waals surface area contributed by atoms with Gasteiger partial charge in [-0.3, -0.25) is 0 Å². The van der Waals surface area contributed by atoms with Crippen LogP contribution in [0.25, 0.3) is 5.82 Å². The van der Waals surface area contributed by atoms with E-state index in [0.717, 1.165) is 23.5 Å². The van der Waals surface area contributed by atoms with Crippen LogP contribution in [-0.2, 0) is 6.54 Å². The van der Waals surface area contributed by atoms with Gasteiger partial charge >= 0.3 is 0 Å². The van der Waals surface area contributed by atoms with E-state index < -0.39 is 0 Å². The molecule has 0 spiro atoms. The van der Waals surface area contributed by atoms with E-state index in [9.17, 15) is 4.39 Å². The zero-order valence-corrected chi connectivity index (χ0v) is 19.1. The predicted octanol–water partition coefficient (Wildman–Crippen LogP) is 4.15. The third kappa shape index (κ3) is 6.25. The van der Waals surface area contributed by atoms with E-state index >= 15 is 0 Å². The molecule has 6 nitrogen and oxygen atoms in total. The number of aryl methyl sites for hydroxylation is 1. The van der Waals surface area contributed by atoms with Crippen LogP contribution in [0.2, 0.25) is 0 Å². The summed E-state index contributed by atoms with van der Waals surface area (Å²) in [4.78, 5) is 8.99. The molecule has 0 aliphatic carbocycles. The fourth-order valence-corrected chi connectivity index (χ4v) is 2.75. The van der Waals surface area contributed by atoms with Crippen molar-refractivity contribution in [2.75, 3.05) is 6.54 Å². The first-order chi connectivity index (χ1) is 13.6. The molecular weight excluding hydrogens is 482 g/mol. The summed E-state index contributed by atoms with van der Waals surface area (Å²) in [7, 11) is 0. The number of benzene rings is 1. The van der Waals surface area contributed by atoms with Gasteiger partial charge in [0.1, 0.15) is 5.82 Å². The Bertz CT molecular complexity index is 942. The molecule has 0 radical (unpaired) electrons. The van der Waals surface area contributed by atoms with Crippen molar-refractivity contribution in [1.29, 1.82) is 0 Å². The van der Waals surface area contributed by atoms with Crippen LogP contribution >= 0.6 is 24.0 Å². The summed E-state index contributed by atoms with van der Waals surface area (Å²) in [5.41, 5.74) is 2.53. The van der Waals surface area contributed by atoms with Crippen molar-refractivity contribution < 1.29 is 4.39 Å². The van der Waals surface area contributed by atoms with Gasteiger partial charge in [-0.1, -0.05) is 12.1 Å². The molecule has 0 bridgehead atoms. The molecule has 29 heavy (non-hydrogen) atoms. The monoisotopic (exact) mass is 508 g/mol. The van der Waals surface area contributed by atoms with E-state index in [1.165, 1.54) is 0 Å². The number of hydrogen-bond donors (Lipinski definition) is 2. The fourth-order valence-electron chi connectivity index (χ4n) is 2.75. The van der Waals surface area contributed by atoms with E-state index in [0.29, 0.717) is 18.1 Å². The van der Waals surface area contributed by atoms with Gasteiger partial charge < -0.3 is 10.6 Å². The van der Waals surface area contributed by atoms with Crippen LogP contribution in [0.5, 0.6) is 0 Å². The molecule has 2 heterocycles. The lowest BCUT2D eigenvalue weighted by molar-refractivity contribution is 0.607. The minimum absolute atomic E-state index is 0. The highest BCUT2D eigenvalue weighted by Crippen LogP contribution is 2.16. The van der Waals surface area contributed by atoms with E-state index in [-0.39, 0.29) is 35.8 Å². The molecule has 0 aliphatic heterocycles. The number of nitrogens with one attached hydrogen (secondary N) is 2. The second-order valence-electron chi connectivity index (χ2n) is 6.54. The number of rotatable bonds is 6. The molecule has 2 N–H and O–H groups in total. The van der Waals surface area contributed by atoms with Gasteiger partial charge in [-0.15, -0.1) is 24.0 Å². The molecule has 1 atom stereocenters. The number of pyridine rings is 1. The van der Waals surface area contributed by atoms with Gasteiger partial charge in [0.25, 0.3) is 0 Å². The summed E-state index contributed by atoms with van der Waals surface area (Å²) < 4.78 is 15.6. The lowest BCUT2D eigenvalue weighted by atomic mass is 10.1. The number of nitrogens with zero attached hydrogens (tertiary/aromatic N) is 4. The average Bonchev–Trinajstić information content (AvgIpc) is 3.23. The summed E-state index contributed by atoms with van der Waals surface area (Å²) in [6, 6.07) is 11.0. The number of guanidine groups is 1. The topological polar surface area (TPSA) is 67.1 Å². The van der Waals surface area contributed by atoms with Gasteiger partial charge in [-0.05, 0) is 61.7 Å². The molecule has 8 heteroatoms. The highest BCUT2D eigenvalue weighted by molar-refractivity contribution is 14.0. The maximum absolute atomic E-state index is 13.9. The predicted molar refractivity (Wildman–Crippen MR) is 124 cm³/mol. The number of halogens is 2. The van der Waals surface area contributed by atoms with Crippen molar-refractivity contribution in [3.05, 3.63) is 77.5 Å². The van der Waals surface area contributed by atoms with Crippen LogP contribution in [0, 0.1) is 12.7 Å². The van der Waals surface area contributed by atoms with Gasteiger partial charge in [-0.2, -0.15) is 5.10 Å². The van der Waals surface area contributed by atoms with Crippen LogP contribution in [-0.4, -0.2) is 27.3 Å². The Labute approximate surface area is 187 Å². The maximum atomic E-state index is 13.9. The van der Waals surface area contributed by atoms with Crippen molar-refractivity contribution in [2.45, 2.75) is 33.4 Å². The minimum Gasteiger partial charge on any atom is -0.357 e. The fraction of sp³-hybridized carbons (Fsp3) is 0.286. The molecule has 1 aromatic carbocycles. The van der Waals surface area contributed by atoms with Crippen LogP contribution in [0.3, 0.4) is 0 Å². The zero-order valence-electron chi connectivity index (χ0n) is 16.8. The minimum atomic E-state index is -0.198. The number of aliphatic imine (C=N–C) groups is 1. The quantitative estimate of drug-likeness (QED) is 0.298. The first kappa shape index (κ1) is 22.8. The summed E-state index contributed by atoms with van der Waals surface area (Å²) in [6.45, 7) is 6.97. The lowest BCUT2D eigenvalue weighted by Crippen LogP contribution is -2.38. The third-order valence-electron chi connectivity index (χ3n) is 4.36. The van der Waals surface area contributed by atoms with Gasteiger partial charge in [0, 0.05) is 25.1 Å². The molecule has 3 aromatic rings. The Hall–Kier alpha value is -2.49. The Kier molecular flexibility index (Phi) is 8.56. The van der Waals surface area contributed by atoms with Gasteiger partial charge in [0.05, 0.1) is 12.6 Å². The van der Waals surface area contributed by atoms with E-state index in [1.54, 1.807) is 36.1 Å². The second-order valence-corrected chi connectivity index (χ2v) is 6.54. The molecule has 2 aromatic heterocycles. The zero-order chi connectivity index (χ0) is 19.9. The van der Waals surface area contributed by atoms with Crippen LogP contribution in [0.1, 0.15) is 36.6 Å². The van der Waals surface area contributed by atoms with Crippen LogP contribution in [0.4, 0.5) is 4.39 Å². The number of aromatic nitrogens is 3. The largest absolute Gasteiger partial charge is 0.357 e. The van der Waals surface area contributed by atoms with E-state index in [2.05, 4.69) is 25.7 Å². The number of hydrogen-bond acceptors (Lipinski definition) is 3. The molecule has 0 amide bonds. The van der Waals surface area contributed by atoms with Gasteiger partial charge in [-0.25, -0.2) is 19.0 Å². The first-order valence-electron chi connectivity index (χ1n) is 9.32. The van der Waals surface area contributed by atoms with Crippen molar-refractivity contribution in [3.8, 4) is 5.82 Å². The van der Waals surface area contributed by atoms with Crippen molar-refractivity contribution in [2.24, 2.45) is 4.99 Å². The molecule has 154 valence electrons. The van der Waals surface area contributed by atoms with Crippen molar-refractivity contribution >= 4 is 29.9 Å². The van der Waals surface area contributed by atoms with Gasteiger partial charge in [0.15, 0.2) is 11.8 Å². The molecule has 0 saturated heterocycles. The third-order valence-corrected chi connectivity index (χ3v) is 4.36. The second kappa shape index (κ2) is 10.9. The summed E-state index contributed by atoms with van der Waals surface area (Å²) in [5, 5.41) is 10.8. The maximum Gasteiger partial charge on any atom is 0.192 e. The molecule has 0 fully saturated rings. The smallest absolute Gasteiger partial charge is 0.192 e. The van der Waals surface area contributed by atoms with E-state index in [1.807, 2.05) is 44.3 Å². The Morgan fingerprint density at radius 3 is 2.76 bits per heavy atom. The summed E-state index contributed by atoms with van der Waals surface area (Å²) >= 11 is 0. The summed E-state index contributed by atoms with van der Waals surface area (Å²) in [5.74, 6) is 1.23. The molecule has 1 unspecified atom stereocenters. The molecule has 0 aliphatic rings. The highest BCUT2D eigenvalue weighted by atomic mass is 127. The Morgan fingerprint density at radius 1 is 1.24 bits per heavy atom. The molecule has 0 saturated carbocycles. The average molecular weight is 508 g/mol. The van der Waals surface area contributed by atoms with Crippen LogP contribution < -0.4 is 10.6 Å². The first-order valence-corrected chi connectivity index (χ1v) is 9.32. The lowest BCUT2D eigenvalue weighted by Gasteiger charge is -2.18. The standard InChI is InChI=1S/C21H25FN6.HI/c1-4-23-21(27-16(3)18-7-6-15(2)19(22)13-18)25-14-17-8-10-24-20(12-17)28-11-5-9-26-28;/h5-13,16H,4,14H2,1-3H3,(H2,23,25,27);1H. The highest BCUT2D eigenvalue weighted by Gasteiger charge is 2.10. The van der Waals surface area contributed by atoms with Crippen LogP contribution in [0.15, 0.2) is 60.0 Å². The van der Waals surface area contributed by atoms with Crippen molar-refractivity contribution in [1.82, 2.24) is 25.4 Å². The van der Waals surface area contributed by atoms with Gasteiger partial charge in [0.2, 0.25) is 0 Å². The molecular formula is C21H26FIN6. The van der Waals surface area contributed by atoms with E-state index in [4.69, 9.17) is 0 Å². The normalized spacial score (nSPS) is 12.2. The van der Waals surface area contributed by atoms with Crippen molar-refractivity contribution in [3.63, 3.8) is 0 Å². The Morgan fingerprint density at radius 2 is 2.07 bits per heavy atom. The Balaban J connectivity index is 0.00000300.